The SMILES string of the molecule is CCn1c(C)cc(C(=O)C2CCNCC2)c1C. The number of carbonyl (C=O) groups excluding carboxylic acids is 1. The van der Waals surface area contributed by atoms with E-state index in [1.54, 1.807) is 0 Å². The van der Waals surface area contributed by atoms with Crippen LogP contribution in [0.4, 0.5) is 0 Å². The van der Waals surface area contributed by atoms with Gasteiger partial charge in [0.25, 0.3) is 0 Å². The van der Waals surface area contributed by atoms with Crippen LogP contribution in [0.1, 0.15) is 41.5 Å². The summed E-state index contributed by atoms with van der Waals surface area (Å²) in [6, 6.07) is 2.06. The Morgan fingerprint density at radius 3 is 2.59 bits per heavy atom. The largest absolute Gasteiger partial charge is 0.349 e. The summed E-state index contributed by atoms with van der Waals surface area (Å²) in [5, 5.41) is 3.31. The first kappa shape index (κ1) is 12.4. The van der Waals surface area contributed by atoms with Gasteiger partial charge >= 0.3 is 0 Å². The topological polar surface area (TPSA) is 34.0 Å². The van der Waals surface area contributed by atoms with Crippen LogP contribution in [0.2, 0.25) is 0 Å². The van der Waals surface area contributed by atoms with E-state index in [4.69, 9.17) is 0 Å². The first-order valence-electron chi connectivity index (χ1n) is 6.56. The second kappa shape index (κ2) is 5.05. The molecule has 2 rings (SSSR count). The van der Waals surface area contributed by atoms with E-state index in [9.17, 15) is 4.79 Å². The molecule has 0 amide bonds. The van der Waals surface area contributed by atoms with Gasteiger partial charge in [-0.15, -0.1) is 0 Å². The molecular formula is C14H22N2O. The average Bonchev–Trinajstić information content (AvgIpc) is 2.64. The highest BCUT2D eigenvalue weighted by atomic mass is 16.1. The number of aryl methyl sites for hydroxylation is 1. The van der Waals surface area contributed by atoms with Crippen molar-refractivity contribution in [1.82, 2.24) is 9.88 Å². The Bertz CT molecular complexity index is 414. The van der Waals surface area contributed by atoms with Crippen molar-refractivity contribution in [1.29, 1.82) is 0 Å². The molecule has 3 nitrogen and oxygen atoms in total. The van der Waals surface area contributed by atoms with Gasteiger partial charge in [-0.3, -0.25) is 4.79 Å². The molecule has 1 fully saturated rings. The maximum atomic E-state index is 12.5. The van der Waals surface area contributed by atoms with Gasteiger partial charge in [-0.1, -0.05) is 0 Å². The number of Topliss-reactive ketones (excluding diaryl/α,β-unsaturated/α-hetero) is 1. The van der Waals surface area contributed by atoms with E-state index < -0.39 is 0 Å². The standard InChI is InChI=1S/C14H22N2O/c1-4-16-10(2)9-13(11(16)3)14(17)12-5-7-15-8-6-12/h9,12,15H,4-8H2,1-3H3. The van der Waals surface area contributed by atoms with Crippen LogP contribution in [-0.4, -0.2) is 23.4 Å². The molecule has 0 aliphatic carbocycles. The number of piperidine rings is 1. The van der Waals surface area contributed by atoms with E-state index in [1.807, 2.05) is 0 Å². The first-order chi connectivity index (χ1) is 8.15. The third kappa shape index (κ3) is 2.29. The van der Waals surface area contributed by atoms with Crippen LogP contribution in [0.25, 0.3) is 0 Å². The fourth-order valence-corrected chi connectivity index (χ4v) is 2.84. The number of hydrogen-bond donors (Lipinski definition) is 1. The molecule has 1 aromatic rings. The fraction of sp³-hybridized carbons (Fsp3) is 0.643. The average molecular weight is 234 g/mol. The van der Waals surface area contributed by atoms with Gasteiger partial charge in [-0.05, 0) is 52.8 Å². The molecule has 0 radical (unpaired) electrons. The Balaban J connectivity index is 2.24. The van der Waals surface area contributed by atoms with Crippen molar-refractivity contribution in [3.05, 3.63) is 23.0 Å². The highest BCUT2D eigenvalue weighted by molar-refractivity contribution is 5.99. The molecule has 1 saturated heterocycles. The number of nitrogens with zero attached hydrogens (tertiary/aromatic N) is 1. The van der Waals surface area contributed by atoms with Crippen LogP contribution in [0, 0.1) is 19.8 Å². The molecule has 0 unspecified atom stereocenters. The van der Waals surface area contributed by atoms with E-state index in [0.717, 1.165) is 43.7 Å². The number of hydrogen-bond acceptors (Lipinski definition) is 2. The zero-order valence-corrected chi connectivity index (χ0v) is 11.0. The zero-order valence-electron chi connectivity index (χ0n) is 11.0. The molecule has 0 bridgehead atoms. The smallest absolute Gasteiger partial charge is 0.167 e. The van der Waals surface area contributed by atoms with Crippen molar-refractivity contribution in [2.75, 3.05) is 13.1 Å². The second-order valence-corrected chi connectivity index (χ2v) is 4.92. The van der Waals surface area contributed by atoms with Gasteiger partial charge in [0.2, 0.25) is 0 Å². The number of carbonyl (C=O) groups is 1. The maximum Gasteiger partial charge on any atom is 0.167 e. The third-order valence-corrected chi connectivity index (χ3v) is 3.87. The number of ketones is 1. The molecule has 2 heterocycles. The lowest BCUT2D eigenvalue weighted by atomic mass is 9.89. The predicted molar refractivity (Wildman–Crippen MR) is 69.5 cm³/mol. The van der Waals surface area contributed by atoms with E-state index >= 15 is 0 Å². The van der Waals surface area contributed by atoms with Crippen molar-refractivity contribution in [2.45, 2.75) is 40.2 Å². The van der Waals surface area contributed by atoms with Gasteiger partial charge < -0.3 is 9.88 Å². The summed E-state index contributed by atoms with van der Waals surface area (Å²) in [5.74, 6) is 0.571. The van der Waals surface area contributed by atoms with Crippen LogP contribution >= 0.6 is 0 Å². The van der Waals surface area contributed by atoms with Crippen LogP contribution in [0.5, 0.6) is 0 Å². The van der Waals surface area contributed by atoms with Crippen molar-refractivity contribution in [3.63, 3.8) is 0 Å². The molecule has 1 aromatic heterocycles. The summed E-state index contributed by atoms with van der Waals surface area (Å²) in [5.41, 5.74) is 3.27. The maximum absolute atomic E-state index is 12.5. The van der Waals surface area contributed by atoms with E-state index in [2.05, 4.69) is 36.7 Å². The summed E-state index contributed by atoms with van der Waals surface area (Å²) in [6.07, 6.45) is 1.96. The van der Waals surface area contributed by atoms with Crippen molar-refractivity contribution in [2.24, 2.45) is 5.92 Å². The molecule has 17 heavy (non-hydrogen) atoms. The van der Waals surface area contributed by atoms with Crippen molar-refractivity contribution in [3.8, 4) is 0 Å². The van der Waals surface area contributed by atoms with Crippen molar-refractivity contribution < 1.29 is 4.79 Å². The Hall–Kier alpha value is -1.09. The van der Waals surface area contributed by atoms with Crippen LogP contribution in [-0.2, 0) is 6.54 Å². The number of nitrogens with one attached hydrogen (secondary N) is 1. The van der Waals surface area contributed by atoms with Gasteiger partial charge in [0, 0.05) is 29.4 Å². The normalized spacial score (nSPS) is 17.4. The Labute approximate surface area is 103 Å². The molecule has 94 valence electrons. The molecule has 1 N–H and O–H groups in total. The minimum Gasteiger partial charge on any atom is -0.349 e. The van der Waals surface area contributed by atoms with E-state index in [1.165, 1.54) is 5.69 Å². The van der Waals surface area contributed by atoms with Crippen LogP contribution < -0.4 is 5.32 Å². The quantitative estimate of drug-likeness (QED) is 0.814. The lowest BCUT2D eigenvalue weighted by Crippen LogP contribution is -2.32. The summed E-state index contributed by atoms with van der Waals surface area (Å²) in [6.45, 7) is 9.16. The van der Waals surface area contributed by atoms with Crippen molar-refractivity contribution >= 4 is 5.78 Å². The molecule has 3 heteroatoms. The predicted octanol–water partition coefficient (Wildman–Crippen LogP) is 2.31. The zero-order chi connectivity index (χ0) is 12.4. The highest BCUT2D eigenvalue weighted by Crippen LogP contribution is 2.23. The van der Waals surface area contributed by atoms with E-state index in [0.29, 0.717) is 5.78 Å². The van der Waals surface area contributed by atoms with Gasteiger partial charge in [0.05, 0.1) is 0 Å². The summed E-state index contributed by atoms with van der Waals surface area (Å²) in [7, 11) is 0. The summed E-state index contributed by atoms with van der Waals surface area (Å²) in [4.78, 5) is 12.5. The van der Waals surface area contributed by atoms with Gasteiger partial charge in [0.1, 0.15) is 0 Å². The molecule has 1 aliphatic rings. The molecule has 1 aliphatic heterocycles. The lowest BCUT2D eigenvalue weighted by molar-refractivity contribution is 0.0894. The molecule has 0 spiro atoms. The summed E-state index contributed by atoms with van der Waals surface area (Å²) < 4.78 is 2.22. The summed E-state index contributed by atoms with van der Waals surface area (Å²) >= 11 is 0. The highest BCUT2D eigenvalue weighted by Gasteiger charge is 2.25. The molecule has 0 atom stereocenters. The van der Waals surface area contributed by atoms with Gasteiger partial charge in [-0.25, -0.2) is 0 Å². The lowest BCUT2D eigenvalue weighted by Gasteiger charge is -2.21. The van der Waals surface area contributed by atoms with Gasteiger partial charge in [-0.2, -0.15) is 0 Å². The minimum atomic E-state index is 0.224. The molecular weight excluding hydrogens is 212 g/mol. The molecule has 0 saturated carbocycles. The Morgan fingerprint density at radius 2 is 2.06 bits per heavy atom. The fourth-order valence-electron chi connectivity index (χ4n) is 2.84. The second-order valence-electron chi connectivity index (χ2n) is 4.92. The monoisotopic (exact) mass is 234 g/mol. The number of rotatable bonds is 3. The Kier molecular flexibility index (Phi) is 3.67. The molecule has 0 aromatic carbocycles. The van der Waals surface area contributed by atoms with Gasteiger partial charge in [0.15, 0.2) is 5.78 Å². The van der Waals surface area contributed by atoms with Crippen LogP contribution in [0.15, 0.2) is 6.07 Å². The van der Waals surface area contributed by atoms with E-state index in [-0.39, 0.29) is 5.92 Å². The Morgan fingerprint density at radius 1 is 1.41 bits per heavy atom. The third-order valence-electron chi connectivity index (χ3n) is 3.87. The number of aromatic nitrogens is 1. The first-order valence-corrected chi connectivity index (χ1v) is 6.56. The van der Waals surface area contributed by atoms with Crippen LogP contribution in [0.3, 0.4) is 0 Å². The minimum absolute atomic E-state index is 0.224.